The van der Waals surface area contributed by atoms with E-state index in [2.05, 4.69) is 10.0 Å². The smallest absolute Gasteiger partial charge is 0.338 e. The van der Waals surface area contributed by atoms with E-state index in [1.807, 2.05) is 0 Å². The molecule has 0 unspecified atom stereocenters. The lowest BCUT2D eigenvalue weighted by Gasteiger charge is -2.18. The molecule has 0 saturated heterocycles. The van der Waals surface area contributed by atoms with E-state index in [0.717, 1.165) is 0 Å². The van der Waals surface area contributed by atoms with Crippen molar-refractivity contribution >= 4 is 33.3 Å². The van der Waals surface area contributed by atoms with Crippen molar-refractivity contribution in [2.24, 2.45) is 0 Å². The van der Waals surface area contributed by atoms with Gasteiger partial charge in [-0.2, -0.15) is 0 Å². The third-order valence-corrected chi connectivity index (χ3v) is 5.98. The number of hydrogen-bond donors (Lipinski definition) is 2. The Hall–Kier alpha value is -3.99. The van der Waals surface area contributed by atoms with E-state index in [0.29, 0.717) is 0 Å². The van der Waals surface area contributed by atoms with Crippen molar-refractivity contribution in [2.45, 2.75) is 25.7 Å². The fourth-order valence-electron chi connectivity index (χ4n) is 3.07. The van der Waals surface area contributed by atoms with Crippen LogP contribution in [0.3, 0.4) is 0 Å². The van der Waals surface area contributed by atoms with Crippen LogP contribution in [0.15, 0.2) is 64.1 Å². The van der Waals surface area contributed by atoms with Gasteiger partial charge < -0.3 is 23.9 Å². The first kappa shape index (κ1) is 25.6. The lowest BCUT2D eigenvalue weighted by molar-refractivity contribution is 0.0526. The highest BCUT2D eigenvalue weighted by molar-refractivity contribution is 7.92. The molecule has 2 N–H and O–H groups in total. The maximum Gasteiger partial charge on any atom is 0.338 e. The standard InChI is InChI=1S/C24H26N2O8S/c1-4-31-21-15-19(22(32-5-2)14-18(21)25-23(27)20-8-7-13-34-20)26-35(29,30)17-11-9-16(10-12-17)24(28)33-6-3/h7-15,26H,4-6H2,1-3H3,(H,25,27). The summed E-state index contributed by atoms with van der Waals surface area (Å²) in [6.07, 6.45) is 1.38. The average molecular weight is 503 g/mol. The molecule has 1 heterocycles. The van der Waals surface area contributed by atoms with E-state index < -0.39 is 21.9 Å². The molecule has 3 aromatic rings. The number of furan rings is 1. The van der Waals surface area contributed by atoms with Gasteiger partial charge in [-0.15, -0.1) is 0 Å². The quantitative estimate of drug-likeness (QED) is 0.371. The van der Waals surface area contributed by atoms with Crippen LogP contribution in [0.1, 0.15) is 41.7 Å². The first-order chi connectivity index (χ1) is 16.8. The summed E-state index contributed by atoms with van der Waals surface area (Å²) in [6.45, 7) is 5.89. The number of esters is 1. The number of carbonyl (C=O) groups is 2. The summed E-state index contributed by atoms with van der Waals surface area (Å²) in [6, 6.07) is 11.3. The van der Waals surface area contributed by atoms with Gasteiger partial charge in [0.25, 0.3) is 15.9 Å². The van der Waals surface area contributed by atoms with Crippen molar-refractivity contribution < 1.29 is 36.6 Å². The summed E-state index contributed by atoms with van der Waals surface area (Å²) in [5.41, 5.74) is 0.621. The van der Waals surface area contributed by atoms with Crippen molar-refractivity contribution in [3.8, 4) is 11.5 Å². The van der Waals surface area contributed by atoms with Gasteiger partial charge in [0.15, 0.2) is 5.76 Å². The number of amides is 1. The summed E-state index contributed by atoms with van der Waals surface area (Å²) >= 11 is 0. The maximum absolute atomic E-state index is 13.0. The lowest BCUT2D eigenvalue weighted by atomic mass is 10.2. The molecule has 35 heavy (non-hydrogen) atoms. The normalized spacial score (nSPS) is 10.9. The zero-order valence-electron chi connectivity index (χ0n) is 19.5. The molecule has 1 amide bonds. The second-order valence-corrected chi connectivity index (χ2v) is 8.67. The van der Waals surface area contributed by atoms with Crippen molar-refractivity contribution in [3.63, 3.8) is 0 Å². The molecule has 0 aliphatic rings. The van der Waals surface area contributed by atoms with Gasteiger partial charge in [-0.05, 0) is 57.2 Å². The van der Waals surface area contributed by atoms with E-state index in [1.165, 1.54) is 48.7 Å². The predicted octanol–water partition coefficient (Wildman–Crippen LogP) is 4.31. The van der Waals surface area contributed by atoms with Gasteiger partial charge >= 0.3 is 5.97 Å². The first-order valence-electron chi connectivity index (χ1n) is 10.9. The van der Waals surface area contributed by atoms with E-state index >= 15 is 0 Å². The molecule has 1 aromatic heterocycles. The zero-order chi connectivity index (χ0) is 25.4. The molecule has 0 atom stereocenters. The van der Waals surface area contributed by atoms with E-state index in [9.17, 15) is 18.0 Å². The predicted molar refractivity (Wildman–Crippen MR) is 129 cm³/mol. The fourth-order valence-corrected chi connectivity index (χ4v) is 4.13. The minimum atomic E-state index is -4.05. The van der Waals surface area contributed by atoms with Crippen LogP contribution in [0, 0.1) is 0 Å². The third-order valence-electron chi connectivity index (χ3n) is 4.59. The van der Waals surface area contributed by atoms with E-state index in [1.54, 1.807) is 26.8 Å². The molecular weight excluding hydrogens is 476 g/mol. The number of nitrogens with one attached hydrogen (secondary N) is 2. The molecule has 11 heteroatoms. The number of hydrogen-bond acceptors (Lipinski definition) is 8. The Morgan fingerprint density at radius 3 is 2.09 bits per heavy atom. The molecule has 2 aromatic carbocycles. The Kier molecular flexibility index (Phi) is 8.37. The molecule has 186 valence electrons. The number of anilines is 2. The van der Waals surface area contributed by atoms with Gasteiger partial charge in [0, 0.05) is 12.1 Å². The SMILES string of the molecule is CCOC(=O)c1ccc(S(=O)(=O)Nc2cc(OCC)c(NC(=O)c3ccco3)cc2OCC)cc1. The van der Waals surface area contributed by atoms with Crippen LogP contribution in [-0.4, -0.2) is 40.1 Å². The Morgan fingerprint density at radius 1 is 0.886 bits per heavy atom. The summed E-state index contributed by atoms with van der Waals surface area (Å²) in [5, 5.41) is 2.69. The van der Waals surface area contributed by atoms with Crippen molar-refractivity contribution in [2.75, 3.05) is 29.9 Å². The molecule has 3 rings (SSSR count). The highest BCUT2D eigenvalue weighted by Gasteiger charge is 2.21. The highest BCUT2D eigenvalue weighted by atomic mass is 32.2. The van der Waals surface area contributed by atoms with Crippen molar-refractivity contribution in [1.29, 1.82) is 0 Å². The maximum atomic E-state index is 13.0. The van der Waals surface area contributed by atoms with Crippen LogP contribution in [0.2, 0.25) is 0 Å². The Labute approximate surface area is 203 Å². The first-order valence-corrected chi connectivity index (χ1v) is 12.4. The second-order valence-electron chi connectivity index (χ2n) is 6.99. The molecule has 0 fully saturated rings. The van der Waals surface area contributed by atoms with Crippen LogP contribution in [0.25, 0.3) is 0 Å². The molecule has 0 saturated carbocycles. The van der Waals surface area contributed by atoms with E-state index in [4.69, 9.17) is 18.6 Å². The van der Waals surface area contributed by atoms with Crippen LogP contribution in [-0.2, 0) is 14.8 Å². The van der Waals surface area contributed by atoms with E-state index in [-0.39, 0.29) is 58.9 Å². The third kappa shape index (κ3) is 6.33. The van der Waals surface area contributed by atoms with Crippen LogP contribution in [0.5, 0.6) is 11.5 Å². The summed E-state index contributed by atoms with van der Waals surface area (Å²) in [7, 11) is -4.05. The Balaban J connectivity index is 1.93. The largest absolute Gasteiger partial charge is 0.492 e. The molecule has 0 spiro atoms. The van der Waals surface area contributed by atoms with Gasteiger partial charge in [0.1, 0.15) is 11.5 Å². The number of carbonyl (C=O) groups excluding carboxylic acids is 2. The monoisotopic (exact) mass is 502 g/mol. The summed E-state index contributed by atoms with van der Waals surface area (Å²) in [5.74, 6) is -0.546. The molecule has 0 aliphatic heterocycles. The van der Waals surface area contributed by atoms with Crippen LogP contribution < -0.4 is 19.5 Å². The molecule has 0 aliphatic carbocycles. The van der Waals surface area contributed by atoms with Crippen molar-refractivity contribution in [3.05, 3.63) is 66.1 Å². The molecule has 10 nitrogen and oxygen atoms in total. The Bertz CT molecular complexity index is 1270. The number of ether oxygens (including phenoxy) is 3. The topological polar surface area (TPSA) is 133 Å². The number of sulfonamides is 1. The molecule has 0 bridgehead atoms. The van der Waals surface area contributed by atoms with Crippen LogP contribution in [0.4, 0.5) is 11.4 Å². The van der Waals surface area contributed by atoms with Gasteiger partial charge in [0.2, 0.25) is 0 Å². The molecular formula is C24H26N2O8S. The Morgan fingerprint density at radius 2 is 1.51 bits per heavy atom. The van der Waals surface area contributed by atoms with Crippen LogP contribution >= 0.6 is 0 Å². The van der Waals surface area contributed by atoms with Gasteiger partial charge in [-0.1, -0.05) is 0 Å². The minimum Gasteiger partial charge on any atom is -0.492 e. The van der Waals surface area contributed by atoms with Gasteiger partial charge in [-0.25, -0.2) is 13.2 Å². The lowest BCUT2D eigenvalue weighted by Crippen LogP contribution is -2.16. The minimum absolute atomic E-state index is 0.0684. The van der Waals surface area contributed by atoms with Gasteiger partial charge in [-0.3, -0.25) is 9.52 Å². The van der Waals surface area contributed by atoms with Crippen molar-refractivity contribution in [1.82, 2.24) is 0 Å². The number of benzene rings is 2. The average Bonchev–Trinajstić information content (AvgIpc) is 3.37. The van der Waals surface area contributed by atoms with Gasteiger partial charge in [0.05, 0.1) is 47.9 Å². The number of rotatable bonds is 11. The second kappa shape index (κ2) is 11.4. The zero-order valence-corrected chi connectivity index (χ0v) is 20.3. The highest BCUT2D eigenvalue weighted by Crippen LogP contribution is 2.38. The summed E-state index contributed by atoms with van der Waals surface area (Å²) < 4.78 is 49.9. The fraction of sp³-hybridized carbons (Fsp3) is 0.250. The molecule has 0 radical (unpaired) electrons. The summed E-state index contributed by atoms with van der Waals surface area (Å²) in [4.78, 5) is 24.2.